The van der Waals surface area contributed by atoms with Crippen LogP contribution in [0.1, 0.15) is 78.4 Å². The molecule has 34 heavy (non-hydrogen) atoms. The van der Waals surface area contributed by atoms with Gasteiger partial charge in [-0.1, -0.05) is 24.3 Å². The Balaban J connectivity index is 1.23. The van der Waals surface area contributed by atoms with Gasteiger partial charge in [-0.05, 0) is 71.6 Å². The van der Waals surface area contributed by atoms with Gasteiger partial charge in [0.05, 0.1) is 19.8 Å². The van der Waals surface area contributed by atoms with Crippen LogP contribution in [0.5, 0.6) is 5.75 Å². The third-order valence-electron chi connectivity index (χ3n) is 7.80. The van der Waals surface area contributed by atoms with E-state index < -0.39 is 5.79 Å². The molecule has 5 rings (SSSR count). The van der Waals surface area contributed by atoms with Gasteiger partial charge in [-0.15, -0.1) is 0 Å². The van der Waals surface area contributed by atoms with Crippen LogP contribution in [0, 0.1) is 5.41 Å². The number of ether oxygens (including phenoxy) is 4. The summed E-state index contributed by atoms with van der Waals surface area (Å²) in [6, 6.07) is 8.20. The van der Waals surface area contributed by atoms with Crippen molar-refractivity contribution in [1.29, 1.82) is 0 Å². The number of benzene rings is 1. The van der Waals surface area contributed by atoms with E-state index >= 15 is 0 Å². The average molecular weight is 472 g/mol. The van der Waals surface area contributed by atoms with Crippen LogP contribution in [0.25, 0.3) is 0 Å². The van der Waals surface area contributed by atoms with E-state index in [0.29, 0.717) is 6.61 Å². The van der Waals surface area contributed by atoms with E-state index in [9.17, 15) is 0 Å². The van der Waals surface area contributed by atoms with Crippen LogP contribution in [0.3, 0.4) is 0 Å². The van der Waals surface area contributed by atoms with Gasteiger partial charge in [-0.3, -0.25) is 4.84 Å². The lowest BCUT2D eigenvalue weighted by atomic mass is 9.74. The molecular weight excluding hydrogens is 430 g/mol. The molecule has 1 aliphatic carbocycles. The zero-order chi connectivity index (χ0) is 24.0. The van der Waals surface area contributed by atoms with Crippen molar-refractivity contribution >= 4 is 0 Å². The Labute approximate surface area is 204 Å². The van der Waals surface area contributed by atoms with Gasteiger partial charge >= 0.3 is 0 Å². The molecule has 6 nitrogen and oxygen atoms in total. The molecule has 0 N–H and O–H groups in total. The summed E-state index contributed by atoms with van der Waals surface area (Å²) in [4.78, 5) is 6.65. The standard InChI is InChI=1S/C28H41NO5/c1-21(22-9-11-23(12-10-22)30-15-24-16-31-24)34-29-25(2,3)17-28(18-26(29,4)5)32-19-27(20-33-28)13-7-6-8-14-27/h6-7,9-12,21,24H,8,13-20H2,1-5H3. The zero-order valence-corrected chi connectivity index (χ0v) is 21.5. The SMILES string of the molecule is CC(ON1C(C)(C)CC2(CC1(C)C)OCC1(CC=CCC1)CO2)c1ccc(OCC2CO2)cc1. The van der Waals surface area contributed by atoms with Crippen molar-refractivity contribution < 1.29 is 23.8 Å². The Morgan fingerprint density at radius 2 is 1.65 bits per heavy atom. The first-order chi connectivity index (χ1) is 16.1. The molecule has 2 atom stereocenters. The van der Waals surface area contributed by atoms with Gasteiger partial charge in [0.25, 0.3) is 0 Å². The second-order valence-electron chi connectivity index (χ2n) is 12.1. The van der Waals surface area contributed by atoms with E-state index in [2.05, 4.69) is 64.0 Å². The molecule has 0 aromatic heterocycles. The first-order valence-corrected chi connectivity index (χ1v) is 12.9. The molecule has 3 aliphatic heterocycles. The van der Waals surface area contributed by atoms with Crippen molar-refractivity contribution in [1.82, 2.24) is 5.06 Å². The van der Waals surface area contributed by atoms with Crippen LogP contribution in [-0.2, 0) is 19.0 Å². The van der Waals surface area contributed by atoms with Crippen molar-refractivity contribution in [3.63, 3.8) is 0 Å². The lowest BCUT2D eigenvalue weighted by Crippen LogP contribution is -2.68. The fourth-order valence-electron chi connectivity index (χ4n) is 6.10. The minimum Gasteiger partial charge on any atom is -0.491 e. The largest absolute Gasteiger partial charge is 0.491 e. The maximum atomic E-state index is 6.65. The van der Waals surface area contributed by atoms with Crippen molar-refractivity contribution in [3.8, 4) is 5.75 Å². The molecule has 188 valence electrons. The van der Waals surface area contributed by atoms with Crippen molar-refractivity contribution in [2.75, 3.05) is 26.4 Å². The molecular formula is C28H41NO5. The first kappa shape index (κ1) is 24.3. The predicted octanol–water partition coefficient (Wildman–Crippen LogP) is 5.58. The predicted molar refractivity (Wildman–Crippen MR) is 130 cm³/mol. The monoisotopic (exact) mass is 471 g/mol. The van der Waals surface area contributed by atoms with Gasteiger partial charge in [-0.2, -0.15) is 5.06 Å². The van der Waals surface area contributed by atoms with E-state index in [1.165, 1.54) is 0 Å². The van der Waals surface area contributed by atoms with E-state index in [1.54, 1.807) is 0 Å². The minimum atomic E-state index is -0.549. The normalized spacial score (nSPS) is 29.7. The molecule has 6 heteroatoms. The maximum Gasteiger partial charge on any atom is 0.171 e. The molecule has 0 saturated carbocycles. The second kappa shape index (κ2) is 8.90. The number of hydrogen-bond acceptors (Lipinski definition) is 6. The van der Waals surface area contributed by atoms with Gasteiger partial charge in [0.1, 0.15) is 24.6 Å². The van der Waals surface area contributed by atoms with Gasteiger partial charge in [0, 0.05) is 29.3 Å². The Bertz CT molecular complexity index is 861. The van der Waals surface area contributed by atoms with Crippen LogP contribution in [-0.4, -0.2) is 54.5 Å². The molecule has 0 bridgehead atoms. The summed E-state index contributed by atoms with van der Waals surface area (Å²) in [5.74, 6) is 0.317. The summed E-state index contributed by atoms with van der Waals surface area (Å²) in [5.41, 5.74) is 0.776. The number of piperidine rings is 1. The molecule has 0 radical (unpaired) electrons. The molecule has 3 heterocycles. The lowest BCUT2D eigenvalue weighted by Gasteiger charge is -2.60. The highest BCUT2D eigenvalue weighted by Gasteiger charge is 2.57. The number of nitrogens with zero attached hydrogens (tertiary/aromatic N) is 1. The van der Waals surface area contributed by atoms with E-state index in [1.807, 2.05) is 12.1 Å². The number of hydroxylamine groups is 2. The Morgan fingerprint density at radius 1 is 1.00 bits per heavy atom. The fraction of sp³-hybridized carbons (Fsp3) is 0.714. The summed E-state index contributed by atoms with van der Waals surface area (Å²) >= 11 is 0. The van der Waals surface area contributed by atoms with E-state index in [0.717, 1.165) is 63.2 Å². The molecule has 3 saturated heterocycles. The zero-order valence-electron chi connectivity index (χ0n) is 21.5. The van der Waals surface area contributed by atoms with Gasteiger partial charge in [-0.25, -0.2) is 0 Å². The lowest BCUT2D eigenvalue weighted by molar-refractivity contribution is -0.390. The Hall–Kier alpha value is -1.44. The minimum absolute atomic E-state index is 0.0843. The molecule has 0 amide bonds. The third-order valence-corrected chi connectivity index (χ3v) is 7.80. The first-order valence-electron chi connectivity index (χ1n) is 12.9. The smallest absolute Gasteiger partial charge is 0.171 e. The third kappa shape index (κ3) is 5.07. The fourth-order valence-corrected chi connectivity index (χ4v) is 6.10. The number of epoxide rings is 1. The second-order valence-corrected chi connectivity index (χ2v) is 12.1. The van der Waals surface area contributed by atoms with Crippen LogP contribution >= 0.6 is 0 Å². The van der Waals surface area contributed by atoms with E-state index in [4.69, 9.17) is 23.8 Å². The number of hydrogen-bond donors (Lipinski definition) is 0. The van der Waals surface area contributed by atoms with Gasteiger partial charge < -0.3 is 18.9 Å². The maximum absolute atomic E-state index is 6.65. The van der Waals surface area contributed by atoms with Crippen molar-refractivity contribution in [2.45, 2.75) is 95.8 Å². The van der Waals surface area contributed by atoms with Crippen molar-refractivity contribution in [2.24, 2.45) is 5.41 Å². The highest BCUT2D eigenvalue weighted by Crippen LogP contribution is 2.51. The van der Waals surface area contributed by atoms with E-state index in [-0.39, 0.29) is 28.7 Å². The topological polar surface area (TPSA) is 52.7 Å². The van der Waals surface area contributed by atoms with Crippen molar-refractivity contribution in [3.05, 3.63) is 42.0 Å². The number of allylic oxidation sites excluding steroid dienone is 2. The molecule has 1 aromatic carbocycles. The van der Waals surface area contributed by atoms with Crippen LogP contribution in [0.2, 0.25) is 0 Å². The summed E-state index contributed by atoms with van der Waals surface area (Å²) in [5, 5.41) is 2.19. The molecule has 4 aliphatic rings. The highest BCUT2D eigenvalue weighted by molar-refractivity contribution is 5.28. The summed E-state index contributed by atoms with van der Waals surface area (Å²) in [7, 11) is 0. The molecule has 2 spiro atoms. The summed E-state index contributed by atoms with van der Waals surface area (Å²) in [6.07, 6.45) is 9.63. The van der Waals surface area contributed by atoms with Gasteiger partial charge in [0.15, 0.2) is 5.79 Å². The summed E-state index contributed by atoms with van der Waals surface area (Å²) < 4.78 is 24.2. The quantitative estimate of drug-likeness (QED) is 0.399. The van der Waals surface area contributed by atoms with Crippen LogP contribution < -0.4 is 4.74 Å². The van der Waals surface area contributed by atoms with Crippen LogP contribution in [0.4, 0.5) is 0 Å². The Kier molecular flexibility index (Phi) is 6.35. The highest BCUT2D eigenvalue weighted by atomic mass is 16.7. The molecule has 1 aromatic rings. The molecule has 3 fully saturated rings. The number of rotatable bonds is 6. The van der Waals surface area contributed by atoms with Gasteiger partial charge in [0.2, 0.25) is 0 Å². The van der Waals surface area contributed by atoms with Crippen LogP contribution in [0.15, 0.2) is 36.4 Å². The Morgan fingerprint density at radius 3 is 2.21 bits per heavy atom. The average Bonchev–Trinajstić information content (AvgIpc) is 3.62. The summed E-state index contributed by atoms with van der Waals surface area (Å²) in [6.45, 7) is 14.0. The molecule has 2 unspecified atom stereocenters.